The molecule has 0 aliphatic heterocycles. The van der Waals surface area contributed by atoms with Gasteiger partial charge in [-0.05, 0) is 66.6 Å². The quantitative estimate of drug-likeness (QED) is 0.748. The summed E-state index contributed by atoms with van der Waals surface area (Å²) in [4.78, 5) is 27.2. The lowest BCUT2D eigenvalue weighted by molar-refractivity contribution is -0.121. The summed E-state index contributed by atoms with van der Waals surface area (Å²) < 4.78 is 13.7. The summed E-state index contributed by atoms with van der Waals surface area (Å²) in [6, 6.07) is 13.6. The molecule has 1 aliphatic carbocycles. The van der Waals surface area contributed by atoms with Crippen LogP contribution >= 0.6 is 11.8 Å². The Morgan fingerprint density at radius 3 is 2.33 bits per heavy atom. The minimum Gasteiger partial charge on any atom is -0.339 e. The smallest absolute Gasteiger partial charge is 0.285 e. The van der Waals surface area contributed by atoms with Crippen molar-refractivity contribution >= 4 is 28.6 Å². The Balaban J connectivity index is 1.76. The van der Waals surface area contributed by atoms with Gasteiger partial charge in [0.2, 0.25) is 5.91 Å². The van der Waals surface area contributed by atoms with E-state index >= 15 is 0 Å². The normalized spacial score (nSPS) is 15.4. The third-order valence-electron chi connectivity index (χ3n) is 4.95. The molecule has 0 atom stereocenters. The fourth-order valence-corrected chi connectivity index (χ4v) is 4.12. The van der Waals surface area contributed by atoms with E-state index in [1.165, 1.54) is 17.0 Å². The molecule has 6 heteroatoms. The fraction of sp³-hybridized carbons (Fsp3) is 0.333. The summed E-state index contributed by atoms with van der Waals surface area (Å²) in [7, 11) is 3.41. The van der Waals surface area contributed by atoms with Crippen molar-refractivity contribution in [2.24, 2.45) is 0 Å². The van der Waals surface area contributed by atoms with Gasteiger partial charge in [0, 0.05) is 24.7 Å². The second-order valence-corrected chi connectivity index (χ2v) is 8.07. The number of nitrogens with zero attached hydrogens (tertiary/aromatic N) is 1. The number of carbonyl (C=O) groups excluding carboxylic acids is 2. The molecule has 0 heterocycles. The van der Waals surface area contributed by atoms with Crippen molar-refractivity contribution in [3.05, 3.63) is 59.9 Å². The van der Waals surface area contributed by atoms with E-state index < -0.39 is 5.41 Å². The lowest BCUT2D eigenvalue weighted by atomic mass is 9.78. The van der Waals surface area contributed by atoms with Crippen LogP contribution in [0.25, 0.3) is 0 Å². The summed E-state index contributed by atoms with van der Waals surface area (Å²) in [5.41, 5.74) is 0.724. The third kappa shape index (κ3) is 4.33. The highest BCUT2D eigenvalue weighted by Gasteiger charge is 2.42. The predicted octanol–water partition coefficient (Wildman–Crippen LogP) is 5.05. The number of hydrogen-bond donors (Lipinski definition) is 1. The molecule has 0 unspecified atom stereocenters. The molecule has 142 valence electrons. The van der Waals surface area contributed by atoms with Gasteiger partial charge >= 0.3 is 0 Å². The lowest BCUT2D eigenvalue weighted by Gasteiger charge is -2.28. The predicted molar refractivity (Wildman–Crippen MR) is 107 cm³/mol. The average molecular weight is 386 g/mol. The molecule has 2 amide bonds. The zero-order valence-corrected chi connectivity index (χ0v) is 16.3. The molecule has 4 nitrogen and oxygen atoms in total. The van der Waals surface area contributed by atoms with Crippen molar-refractivity contribution in [2.45, 2.75) is 36.0 Å². The van der Waals surface area contributed by atoms with E-state index in [1.54, 1.807) is 32.3 Å². The van der Waals surface area contributed by atoms with E-state index in [0.29, 0.717) is 18.5 Å². The molecule has 3 rings (SSSR count). The van der Waals surface area contributed by atoms with E-state index in [9.17, 15) is 14.0 Å². The van der Waals surface area contributed by atoms with Gasteiger partial charge < -0.3 is 10.2 Å². The Bertz CT molecular complexity index is 830. The number of nitrogens with one attached hydrogen (secondary N) is 1. The molecule has 1 aliphatic rings. The van der Waals surface area contributed by atoms with Gasteiger partial charge in [-0.25, -0.2) is 4.39 Å². The van der Waals surface area contributed by atoms with Gasteiger partial charge in [0.1, 0.15) is 5.82 Å². The molecule has 0 spiro atoms. The number of amides is 2. The summed E-state index contributed by atoms with van der Waals surface area (Å²) in [5, 5.41) is 2.93. The van der Waals surface area contributed by atoms with Gasteiger partial charge in [-0.2, -0.15) is 0 Å². The number of halogens is 1. The van der Waals surface area contributed by atoms with Crippen LogP contribution in [0.4, 0.5) is 14.9 Å². The van der Waals surface area contributed by atoms with E-state index in [2.05, 4.69) is 5.32 Å². The second kappa shape index (κ2) is 8.13. The number of benzene rings is 2. The largest absolute Gasteiger partial charge is 0.339 e. The standard InChI is InChI=1S/C21H23FN2O2S/c1-24(2)20(26)27-18-10-8-17(9-11-18)23-19(25)21(12-3-4-13-21)15-6-5-7-16(22)14-15/h5-11,14H,3-4,12-13H2,1-2H3,(H,23,25). The number of carbonyl (C=O) groups is 2. The molecule has 0 radical (unpaired) electrons. The van der Waals surface area contributed by atoms with Crippen molar-refractivity contribution in [2.75, 3.05) is 19.4 Å². The molecule has 2 aromatic rings. The first kappa shape index (κ1) is 19.4. The monoisotopic (exact) mass is 386 g/mol. The maximum atomic E-state index is 13.7. The first-order chi connectivity index (χ1) is 12.9. The van der Waals surface area contributed by atoms with Crippen molar-refractivity contribution in [3.63, 3.8) is 0 Å². The van der Waals surface area contributed by atoms with E-state index in [1.807, 2.05) is 18.2 Å². The molecule has 1 fully saturated rings. The van der Waals surface area contributed by atoms with Crippen LogP contribution in [0.5, 0.6) is 0 Å². The zero-order chi connectivity index (χ0) is 19.4. The highest BCUT2D eigenvalue weighted by molar-refractivity contribution is 8.13. The summed E-state index contributed by atoms with van der Waals surface area (Å²) in [6.07, 6.45) is 3.33. The van der Waals surface area contributed by atoms with E-state index in [4.69, 9.17) is 0 Å². The summed E-state index contributed by atoms with van der Waals surface area (Å²) in [6.45, 7) is 0. The molecule has 0 bridgehead atoms. The minimum absolute atomic E-state index is 0.0530. The van der Waals surface area contributed by atoms with Crippen LogP contribution in [0.15, 0.2) is 53.4 Å². The van der Waals surface area contributed by atoms with Crippen LogP contribution in [0.2, 0.25) is 0 Å². The van der Waals surface area contributed by atoms with Gasteiger partial charge in [-0.15, -0.1) is 0 Å². The Hall–Kier alpha value is -2.34. The topological polar surface area (TPSA) is 49.4 Å². The maximum absolute atomic E-state index is 13.7. The van der Waals surface area contributed by atoms with Gasteiger partial charge in [0.25, 0.3) is 5.24 Å². The molecule has 1 saturated carbocycles. The molecular weight excluding hydrogens is 363 g/mol. The zero-order valence-electron chi connectivity index (χ0n) is 15.5. The van der Waals surface area contributed by atoms with Crippen LogP contribution in [-0.4, -0.2) is 30.1 Å². The Morgan fingerprint density at radius 2 is 1.74 bits per heavy atom. The van der Waals surface area contributed by atoms with Crippen LogP contribution in [0.1, 0.15) is 31.2 Å². The Labute approximate surface area is 163 Å². The van der Waals surface area contributed by atoms with Crippen LogP contribution in [0.3, 0.4) is 0 Å². The number of anilines is 1. The Kier molecular flexibility index (Phi) is 5.85. The first-order valence-corrected chi connectivity index (χ1v) is 9.79. The molecule has 0 aromatic heterocycles. The number of rotatable bonds is 4. The van der Waals surface area contributed by atoms with Crippen molar-refractivity contribution in [1.82, 2.24) is 4.90 Å². The van der Waals surface area contributed by atoms with Crippen LogP contribution in [-0.2, 0) is 10.2 Å². The van der Waals surface area contributed by atoms with Gasteiger partial charge in [0.05, 0.1) is 5.41 Å². The van der Waals surface area contributed by atoms with Crippen LogP contribution in [0, 0.1) is 5.82 Å². The highest BCUT2D eigenvalue weighted by atomic mass is 32.2. The minimum atomic E-state index is -0.684. The maximum Gasteiger partial charge on any atom is 0.285 e. The molecule has 1 N–H and O–H groups in total. The van der Waals surface area contributed by atoms with Gasteiger partial charge in [-0.1, -0.05) is 25.0 Å². The van der Waals surface area contributed by atoms with Crippen molar-refractivity contribution in [1.29, 1.82) is 0 Å². The lowest BCUT2D eigenvalue weighted by Crippen LogP contribution is -2.38. The SMILES string of the molecule is CN(C)C(=O)Sc1ccc(NC(=O)C2(c3cccc(F)c3)CCCC2)cc1. The molecular formula is C21H23FN2O2S. The molecule has 2 aromatic carbocycles. The second-order valence-electron chi connectivity index (χ2n) is 7.04. The first-order valence-electron chi connectivity index (χ1n) is 8.97. The highest BCUT2D eigenvalue weighted by Crippen LogP contribution is 2.42. The summed E-state index contributed by atoms with van der Waals surface area (Å²) in [5.74, 6) is -0.422. The number of hydrogen-bond acceptors (Lipinski definition) is 3. The third-order valence-corrected chi connectivity index (χ3v) is 6.00. The van der Waals surface area contributed by atoms with Crippen LogP contribution < -0.4 is 5.32 Å². The van der Waals surface area contributed by atoms with Gasteiger partial charge in [0.15, 0.2) is 0 Å². The number of thioether (sulfide) groups is 1. The molecule has 0 saturated heterocycles. The van der Waals surface area contributed by atoms with Gasteiger partial charge in [-0.3, -0.25) is 9.59 Å². The van der Waals surface area contributed by atoms with E-state index in [-0.39, 0.29) is 17.0 Å². The Morgan fingerprint density at radius 1 is 1.07 bits per heavy atom. The fourth-order valence-electron chi connectivity index (χ4n) is 3.46. The van der Waals surface area contributed by atoms with Crippen molar-refractivity contribution in [3.8, 4) is 0 Å². The van der Waals surface area contributed by atoms with E-state index in [0.717, 1.165) is 35.1 Å². The van der Waals surface area contributed by atoms with Crippen molar-refractivity contribution < 1.29 is 14.0 Å². The summed E-state index contributed by atoms with van der Waals surface area (Å²) >= 11 is 1.13. The molecule has 27 heavy (non-hydrogen) atoms. The average Bonchev–Trinajstić information content (AvgIpc) is 3.14.